The van der Waals surface area contributed by atoms with Crippen molar-refractivity contribution < 1.29 is 23.4 Å². The summed E-state index contributed by atoms with van der Waals surface area (Å²) in [5.41, 5.74) is 0.365. The Kier molecular flexibility index (Phi) is 3.55. The van der Waals surface area contributed by atoms with Crippen LogP contribution in [-0.4, -0.2) is 26.9 Å². The molecule has 1 aliphatic rings. The fourth-order valence-corrected chi connectivity index (χ4v) is 1.90. The molecule has 2 rings (SSSR count). The molecule has 6 heteroatoms. The number of amides is 1. The van der Waals surface area contributed by atoms with Crippen molar-refractivity contribution in [3.63, 3.8) is 0 Å². The van der Waals surface area contributed by atoms with Gasteiger partial charge in [0.25, 0.3) is 0 Å². The normalized spacial score (nSPS) is 18.8. The van der Waals surface area contributed by atoms with Crippen LogP contribution in [0.2, 0.25) is 0 Å². The van der Waals surface area contributed by atoms with Crippen LogP contribution in [0.5, 0.6) is 11.5 Å². The Morgan fingerprint density at radius 3 is 2.61 bits per heavy atom. The molecule has 0 spiro atoms. The van der Waals surface area contributed by atoms with Crippen LogP contribution in [0.25, 0.3) is 0 Å². The van der Waals surface area contributed by atoms with Gasteiger partial charge in [0.15, 0.2) is 11.5 Å². The number of carbonyl (C=O) groups excluding carboxylic acids is 1. The third-order valence-corrected chi connectivity index (χ3v) is 2.81. The molecule has 5 nitrogen and oxygen atoms in total. The van der Waals surface area contributed by atoms with Crippen LogP contribution < -0.4 is 14.8 Å². The van der Waals surface area contributed by atoms with Gasteiger partial charge in [0.2, 0.25) is 0 Å². The first kappa shape index (κ1) is 12.5. The minimum atomic E-state index is -0.541. The molecule has 0 unspecified atom stereocenters. The molecule has 1 aromatic rings. The lowest BCUT2D eigenvalue weighted by Crippen LogP contribution is -2.35. The zero-order valence-corrected chi connectivity index (χ0v) is 10.2. The average molecular weight is 255 g/mol. The first-order valence-electron chi connectivity index (χ1n) is 5.50. The topological polar surface area (TPSA) is 56.8 Å². The third-order valence-electron chi connectivity index (χ3n) is 2.81. The van der Waals surface area contributed by atoms with Gasteiger partial charge in [-0.1, -0.05) is 0 Å². The molecule has 1 heterocycles. The highest BCUT2D eigenvalue weighted by Gasteiger charge is 2.25. The van der Waals surface area contributed by atoms with E-state index in [4.69, 9.17) is 14.2 Å². The maximum absolute atomic E-state index is 13.9. The number of benzene rings is 1. The second-order valence-corrected chi connectivity index (χ2v) is 3.85. The fourth-order valence-electron chi connectivity index (χ4n) is 1.90. The van der Waals surface area contributed by atoms with Crippen molar-refractivity contribution >= 4 is 6.09 Å². The van der Waals surface area contributed by atoms with Crippen molar-refractivity contribution in [2.45, 2.75) is 12.5 Å². The molecule has 0 radical (unpaired) electrons. The molecule has 1 atom stereocenters. The number of ether oxygens (including phenoxy) is 3. The summed E-state index contributed by atoms with van der Waals surface area (Å²) in [6.07, 6.45) is -0.0292. The number of alkyl carbamates (subject to hydrolysis) is 1. The molecule has 1 fully saturated rings. The van der Waals surface area contributed by atoms with Gasteiger partial charge in [-0.3, -0.25) is 0 Å². The summed E-state index contributed by atoms with van der Waals surface area (Å²) in [5, 5.41) is 2.56. The van der Waals surface area contributed by atoms with E-state index in [0.29, 0.717) is 23.5 Å². The van der Waals surface area contributed by atoms with E-state index in [2.05, 4.69) is 5.32 Å². The summed E-state index contributed by atoms with van der Waals surface area (Å²) in [5.74, 6) is 0.298. The van der Waals surface area contributed by atoms with Gasteiger partial charge < -0.3 is 19.5 Å². The minimum Gasteiger partial charge on any atom is -0.493 e. The van der Waals surface area contributed by atoms with Crippen LogP contribution >= 0.6 is 0 Å². The Labute approximate surface area is 104 Å². The number of rotatable bonds is 3. The smallest absolute Gasteiger partial charge is 0.407 e. The van der Waals surface area contributed by atoms with E-state index in [1.807, 2.05) is 0 Å². The summed E-state index contributed by atoms with van der Waals surface area (Å²) in [6, 6.07) is 2.37. The molecule has 18 heavy (non-hydrogen) atoms. The highest BCUT2D eigenvalue weighted by molar-refractivity contribution is 5.68. The monoisotopic (exact) mass is 255 g/mol. The lowest BCUT2D eigenvalue weighted by atomic mass is 10.0. The summed E-state index contributed by atoms with van der Waals surface area (Å²) >= 11 is 0. The lowest BCUT2D eigenvalue weighted by Gasteiger charge is -2.24. The number of hydrogen-bond donors (Lipinski definition) is 1. The van der Waals surface area contributed by atoms with Gasteiger partial charge in [-0.15, -0.1) is 0 Å². The Morgan fingerprint density at radius 1 is 1.33 bits per heavy atom. The maximum atomic E-state index is 13.9. The van der Waals surface area contributed by atoms with Gasteiger partial charge in [-0.05, 0) is 6.07 Å². The van der Waals surface area contributed by atoms with Crippen LogP contribution in [0.4, 0.5) is 9.18 Å². The van der Waals surface area contributed by atoms with Gasteiger partial charge in [0.05, 0.1) is 26.9 Å². The molecule has 1 amide bonds. The zero-order valence-electron chi connectivity index (χ0n) is 10.2. The maximum Gasteiger partial charge on any atom is 0.407 e. The summed E-state index contributed by atoms with van der Waals surface area (Å²) in [4.78, 5) is 11.1. The molecular formula is C12H14FNO4. The standard InChI is InChI=1S/C12H14FNO4/c1-16-10-5-7(8(13)6-11(10)17-2)9-3-4-18-12(15)14-9/h5-6,9H,3-4H2,1-2H3,(H,14,15)/t9-/m0/s1. The van der Waals surface area contributed by atoms with Crippen LogP contribution in [0, 0.1) is 5.82 Å². The fraction of sp³-hybridized carbons (Fsp3) is 0.417. The van der Waals surface area contributed by atoms with Gasteiger partial charge in [-0.2, -0.15) is 0 Å². The molecule has 1 aliphatic heterocycles. The van der Waals surface area contributed by atoms with Crippen LogP contribution in [0.1, 0.15) is 18.0 Å². The second-order valence-electron chi connectivity index (χ2n) is 3.85. The number of nitrogens with one attached hydrogen (secondary N) is 1. The Balaban J connectivity index is 2.34. The molecule has 1 N–H and O–H groups in total. The minimum absolute atomic E-state index is 0.268. The molecule has 1 saturated heterocycles. The molecule has 0 aliphatic carbocycles. The summed E-state index contributed by atoms with van der Waals surface area (Å²) in [7, 11) is 2.91. The molecule has 0 aromatic heterocycles. The Hall–Kier alpha value is -1.98. The summed E-state index contributed by atoms with van der Waals surface area (Å²) in [6.45, 7) is 0.268. The first-order valence-corrected chi connectivity index (χ1v) is 5.50. The predicted molar refractivity (Wildman–Crippen MR) is 61.3 cm³/mol. The zero-order chi connectivity index (χ0) is 13.1. The van der Waals surface area contributed by atoms with Gasteiger partial charge in [0, 0.05) is 18.1 Å². The van der Waals surface area contributed by atoms with E-state index in [0.717, 1.165) is 0 Å². The van der Waals surface area contributed by atoms with Crippen molar-refractivity contribution in [3.8, 4) is 11.5 Å². The largest absolute Gasteiger partial charge is 0.493 e. The van der Waals surface area contributed by atoms with Crippen molar-refractivity contribution in [2.24, 2.45) is 0 Å². The van der Waals surface area contributed by atoms with Crippen LogP contribution in [0.15, 0.2) is 12.1 Å². The summed E-state index contributed by atoms with van der Waals surface area (Å²) < 4.78 is 28.8. The van der Waals surface area contributed by atoms with Crippen LogP contribution in [0.3, 0.4) is 0 Å². The second kappa shape index (κ2) is 5.12. The van der Waals surface area contributed by atoms with E-state index >= 15 is 0 Å². The van der Waals surface area contributed by atoms with Crippen LogP contribution in [-0.2, 0) is 4.74 Å². The number of cyclic esters (lactones) is 1. The first-order chi connectivity index (χ1) is 8.65. The van der Waals surface area contributed by atoms with Crippen molar-refractivity contribution in [2.75, 3.05) is 20.8 Å². The molecule has 1 aromatic carbocycles. The predicted octanol–water partition coefficient (Wildman–Crippen LogP) is 2.01. The van der Waals surface area contributed by atoms with Gasteiger partial charge in [0.1, 0.15) is 5.82 Å². The molecule has 0 bridgehead atoms. The van der Waals surface area contributed by atoms with Crippen molar-refractivity contribution in [1.82, 2.24) is 5.32 Å². The molecular weight excluding hydrogens is 241 g/mol. The Bertz CT molecular complexity index is 464. The third kappa shape index (κ3) is 2.32. The van der Waals surface area contributed by atoms with E-state index in [1.54, 1.807) is 0 Å². The van der Waals surface area contributed by atoms with E-state index < -0.39 is 18.0 Å². The number of carbonyl (C=O) groups is 1. The van der Waals surface area contributed by atoms with Crippen molar-refractivity contribution in [1.29, 1.82) is 0 Å². The lowest BCUT2D eigenvalue weighted by molar-refractivity contribution is 0.115. The highest BCUT2D eigenvalue weighted by Crippen LogP contribution is 2.33. The van der Waals surface area contributed by atoms with E-state index in [-0.39, 0.29) is 6.61 Å². The van der Waals surface area contributed by atoms with Gasteiger partial charge >= 0.3 is 6.09 Å². The number of methoxy groups -OCH3 is 2. The average Bonchev–Trinajstić information content (AvgIpc) is 2.38. The van der Waals surface area contributed by atoms with E-state index in [9.17, 15) is 9.18 Å². The molecule has 0 saturated carbocycles. The van der Waals surface area contributed by atoms with E-state index in [1.165, 1.54) is 26.4 Å². The molecule has 98 valence electrons. The number of halogens is 1. The van der Waals surface area contributed by atoms with Crippen molar-refractivity contribution in [3.05, 3.63) is 23.5 Å². The van der Waals surface area contributed by atoms with Gasteiger partial charge in [-0.25, -0.2) is 9.18 Å². The quantitative estimate of drug-likeness (QED) is 0.897. The number of hydrogen-bond acceptors (Lipinski definition) is 4. The highest BCUT2D eigenvalue weighted by atomic mass is 19.1. The SMILES string of the molecule is COc1cc(F)c([C@@H]2CCOC(=O)N2)cc1OC. The Morgan fingerprint density at radius 2 is 2.00 bits per heavy atom.